The summed E-state index contributed by atoms with van der Waals surface area (Å²) in [6.45, 7) is 0.701. The molecule has 3 N–H and O–H groups in total. The molecule has 0 spiro atoms. The van der Waals surface area contributed by atoms with Crippen LogP contribution in [0.1, 0.15) is 5.56 Å². The van der Waals surface area contributed by atoms with Gasteiger partial charge in [-0.05, 0) is 29.1 Å². The number of fused-ring (bicyclic) bond motifs is 1. The fourth-order valence-electron chi connectivity index (χ4n) is 2.18. The normalized spacial score (nSPS) is 10.8. The Hall–Kier alpha value is -1.89. The van der Waals surface area contributed by atoms with E-state index in [4.69, 9.17) is 17.4 Å². The Kier molecular flexibility index (Phi) is 3.92. The van der Waals surface area contributed by atoms with Gasteiger partial charge in [-0.3, -0.25) is 5.43 Å². The number of aromatic nitrogens is 2. The Labute approximate surface area is 131 Å². The SMILES string of the molecule is CN(Cc1cccc(Cl)c1)c1nc(NN)nc2sccc12. The molecule has 0 amide bonds. The third kappa shape index (κ3) is 2.92. The number of nitrogens with two attached hydrogens (primary N) is 1. The number of nitrogen functional groups attached to an aromatic ring is 1. The minimum Gasteiger partial charge on any atom is -0.355 e. The van der Waals surface area contributed by atoms with Crippen LogP contribution in [0.3, 0.4) is 0 Å². The number of rotatable bonds is 4. The average Bonchev–Trinajstić information content (AvgIpc) is 2.94. The maximum atomic E-state index is 6.03. The third-order valence-electron chi connectivity index (χ3n) is 3.10. The molecule has 0 atom stereocenters. The van der Waals surface area contributed by atoms with Gasteiger partial charge in [-0.2, -0.15) is 4.98 Å². The summed E-state index contributed by atoms with van der Waals surface area (Å²) in [5, 5.41) is 3.74. The third-order valence-corrected chi connectivity index (χ3v) is 4.15. The second kappa shape index (κ2) is 5.85. The zero-order valence-corrected chi connectivity index (χ0v) is 12.9. The predicted molar refractivity (Wildman–Crippen MR) is 88.8 cm³/mol. The maximum absolute atomic E-state index is 6.03. The van der Waals surface area contributed by atoms with Gasteiger partial charge in [-0.1, -0.05) is 23.7 Å². The average molecular weight is 320 g/mol. The van der Waals surface area contributed by atoms with Crippen molar-refractivity contribution in [3.05, 3.63) is 46.3 Å². The van der Waals surface area contributed by atoms with Crippen LogP contribution < -0.4 is 16.2 Å². The van der Waals surface area contributed by atoms with Crippen LogP contribution in [0, 0.1) is 0 Å². The van der Waals surface area contributed by atoms with Gasteiger partial charge < -0.3 is 4.90 Å². The maximum Gasteiger partial charge on any atom is 0.240 e. The van der Waals surface area contributed by atoms with Gasteiger partial charge in [-0.25, -0.2) is 10.8 Å². The molecular weight excluding hydrogens is 306 g/mol. The van der Waals surface area contributed by atoms with Gasteiger partial charge in [0.1, 0.15) is 10.6 Å². The van der Waals surface area contributed by atoms with Crippen molar-refractivity contribution in [1.82, 2.24) is 9.97 Å². The van der Waals surface area contributed by atoms with Crippen LogP contribution in [-0.2, 0) is 6.54 Å². The molecule has 21 heavy (non-hydrogen) atoms. The highest BCUT2D eigenvalue weighted by Crippen LogP contribution is 2.29. The zero-order valence-electron chi connectivity index (χ0n) is 11.4. The van der Waals surface area contributed by atoms with Crippen molar-refractivity contribution < 1.29 is 0 Å². The second-order valence-electron chi connectivity index (χ2n) is 4.64. The number of halogens is 1. The Bertz CT molecular complexity index is 773. The Morgan fingerprint density at radius 1 is 1.33 bits per heavy atom. The summed E-state index contributed by atoms with van der Waals surface area (Å²) in [7, 11) is 1.99. The summed E-state index contributed by atoms with van der Waals surface area (Å²) in [4.78, 5) is 11.8. The summed E-state index contributed by atoms with van der Waals surface area (Å²) in [6, 6.07) is 9.81. The molecule has 0 fully saturated rings. The first-order valence-electron chi connectivity index (χ1n) is 6.35. The Morgan fingerprint density at radius 2 is 2.19 bits per heavy atom. The summed E-state index contributed by atoms with van der Waals surface area (Å²) in [5.74, 6) is 6.70. The van der Waals surface area contributed by atoms with Gasteiger partial charge in [0.2, 0.25) is 5.95 Å². The number of nitrogens with one attached hydrogen (secondary N) is 1. The van der Waals surface area contributed by atoms with E-state index in [-0.39, 0.29) is 0 Å². The monoisotopic (exact) mass is 319 g/mol. The van der Waals surface area contributed by atoms with Crippen molar-refractivity contribution in [3.8, 4) is 0 Å². The fraction of sp³-hybridized carbons (Fsp3) is 0.143. The molecule has 0 aliphatic carbocycles. The molecule has 108 valence electrons. The fourth-order valence-corrected chi connectivity index (χ4v) is 3.15. The van der Waals surface area contributed by atoms with Crippen LogP contribution in [0.15, 0.2) is 35.7 Å². The van der Waals surface area contributed by atoms with Gasteiger partial charge in [0.05, 0.1) is 5.39 Å². The molecule has 0 saturated carbocycles. The lowest BCUT2D eigenvalue weighted by molar-refractivity contribution is 0.901. The largest absolute Gasteiger partial charge is 0.355 e. The van der Waals surface area contributed by atoms with Gasteiger partial charge in [0, 0.05) is 18.6 Å². The quantitative estimate of drug-likeness (QED) is 0.570. The van der Waals surface area contributed by atoms with Crippen molar-refractivity contribution in [2.24, 2.45) is 5.84 Å². The molecular formula is C14H14ClN5S. The van der Waals surface area contributed by atoms with E-state index in [1.807, 2.05) is 42.8 Å². The number of anilines is 2. The van der Waals surface area contributed by atoms with Gasteiger partial charge in [0.25, 0.3) is 0 Å². The van der Waals surface area contributed by atoms with Crippen LogP contribution in [0.5, 0.6) is 0 Å². The lowest BCUT2D eigenvalue weighted by Crippen LogP contribution is -2.20. The van der Waals surface area contributed by atoms with Crippen molar-refractivity contribution in [2.75, 3.05) is 17.4 Å². The van der Waals surface area contributed by atoms with Gasteiger partial charge in [0.15, 0.2) is 0 Å². The highest BCUT2D eigenvalue weighted by atomic mass is 35.5. The highest BCUT2D eigenvalue weighted by Gasteiger charge is 2.12. The molecule has 1 aromatic carbocycles. The molecule has 0 aliphatic heterocycles. The summed E-state index contributed by atoms with van der Waals surface area (Å²) in [6.07, 6.45) is 0. The van der Waals surface area contributed by atoms with Gasteiger partial charge >= 0.3 is 0 Å². The van der Waals surface area contributed by atoms with Crippen LogP contribution in [0.4, 0.5) is 11.8 Å². The van der Waals surface area contributed by atoms with E-state index >= 15 is 0 Å². The number of nitrogens with zero attached hydrogens (tertiary/aromatic N) is 3. The smallest absolute Gasteiger partial charge is 0.240 e. The lowest BCUT2D eigenvalue weighted by Gasteiger charge is -2.19. The van der Waals surface area contributed by atoms with E-state index in [0.29, 0.717) is 12.5 Å². The molecule has 5 nitrogen and oxygen atoms in total. The first-order chi connectivity index (χ1) is 10.2. The molecule has 0 aliphatic rings. The van der Waals surface area contributed by atoms with E-state index in [2.05, 4.69) is 20.3 Å². The summed E-state index contributed by atoms with van der Waals surface area (Å²) >= 11 is 7.59. The highest BCUT2D eigenvalue weighted by molar-refractivity contribution is 7.16. The van der Waals surface area contributed by atoms with E-state index in [1.165, 1.54) is 0 Å². The number of hydrogen-bond acceptors (Lipinski definition) is 6. The van der Waals surface area contributed by atoms with Crippen LogP contribution in [0.2, 0.25) is 5.02 Å². The predicted octanol–water partition coefficient (Wildman–Crippen LogP) is 3.27. The van der Waals surface area contributed by atoms with Crippen molar-refractivity contribution in [1.29, 1.82) is 0 Å². The Morgan fingerprint density at radius 3 is 2.95 bits per heavy atom. The van der Waals surface area contributed by atoms with Crippen LogP contribution in [0.25, 0.3) is 10.2 Å². The first kappa shape index (κ1) is 14.1. The minimum atomic E-state index is 0.415. The molecule has 2 heterocycles. The molecule has 0 radical (unpaired) electrons. The van der Waals surface area contributed by atoms with E-state index in [9.17, 15) is 0 Å². The second-order valence-corrected chi connectivity index (χ2v) is 5.97. The lowest BCUT2D eigenvalue weighted by atomic mass is 10.2. The molecule has 7 heteroatoms. The van der Waals surface area contributed by atoms with Crippen LogP contribution in [-0.4, -0.2) is 17.0 Å². The van der Waals surface area contributed by atoms with Crippen molar-refractivity contribution in [2.45, 2.75) is 6.54 Å². The molecule has 3 aromatic rings. The molecule has 2 aromatic heterocycles. The topological polar surface area (TPSA) is 67.1 Å². The number of hydrogen-bond donors (Lipinski definition) is 2. The summed E-state index contributed by atoms with van der Waals surface area (Å²) in [5.41, 5.74) is 3.63. The number of hydrazine groups is 1. The van der Waals surface area contributed by atoms with E-state index in [1.54, 1.807) is 11.3 Å². The first-order valence-corrected chi connectivity index (χ1v) is 7.60. The zero-order chi connectivity index (χ0) is 14.8. The number of thiophene rings is 1. The molecule has 0 bridgehead atoms. The van der Waals surface area contributed by atoms with E-state index < -0.39 is 0 Å². The number of benzene rings is 1. The summed E-state index contributed by atoms with van der Waals surface area (Å²) < 4.78 is 0. The molecule has 0 saturated heterocycles. The molecule has 0 unspecified atom stereocenters. The van der Waals surface area contributed by atoms with Crippen molar-refractivity contribution in [3.63, 3.8) is 0 Å². The van der Waals surface area contributed by atoms with Crippen molar-refractivity contribution >= 4 is 44.9 Å². The standard InChI is InChI=1S/C14H14ClN5S/c1-20(8-9-3-2-4-10(15)7-9)12-11-5-6-21-13(11)18-14(17-12)19-16/h2-7H,8,16H2,1H3,(H,17,18,19). The van der Waals surface area contributed by atoms with E-state index in [0.717, 1.165) is 26.6 Å². The minimum absolute atomic E-state index is 0.415. The molecule has 3 rings (SSSR count). The van der Waals surface area contributed by atoms with Crippen LogP contribution >= 0.6 is 22.9 Å². The Balaban J connectivity index is 1.97. The van der Waals surface area contributed by atoms with Gasteiger partial charge in [-0.15, -0.1) is 11.3 Å².